The number of hydrogen-bond donors (Lipinski definition) is 0. The minimum absolute atomic E-state index is 0.0115. The molecule has 1 aliphatic rings. The predicted octanol–water partition coefficient (Wildman–Crippen LogP) is 5.04. The Morgan fingerprint density at radius 1 is 1.10 bits per heavy atom. The van der Waals surface area contributed by atoms with Gasteiger partial charge in [-0.3, -0.25) is 14.2 Å². The molecule has 0 spiro atoms. The lowest BCUT2D eigenvalue weighted by molar-refractivity contribution is -0.130. The van der Waals surface area contributed by atoms with Gasteiger partial charge in [-0.2, -0.15) is 0 Å². The molecule has 0 atom stereocenters. The lowest BCUT2D eigenvalue weighted by atomic mass is 10.2. The van der Waals surface area contributed by atoms with Crippen LogP contribution in [0.25, 0.3) is 10.9 Å². The Labute approximate surface area is 187 Å². The van der Waals surface area contributed by atoms with E-state index >= 15 is 0 Å². The summed E-state index contributed by atoms with van der Waals surface area (Å²) in [6, 6.07) is 17.8. The maximum Gasteiger partial charge on any atom is 0.262 e. The summed E-state index contributed by atoms with van der Waals surface area (Å²) in [4.78, 5) is 33.1. The van der Waals surface area contributed by atoms with Crippen LogP contribution in [-0.2, 0) is 11.3 Å². The summed E-state index contributed by atoms with van der Waals surface area (Å²) in [6.45, 7) is 4.65. The Hall–Kier alpha value is -2.60. The molecule has 5 nitrogen and oxygen atoms in total. The molecular formula is C25H29N3O2S. The Bertz CT molecular complexity index is 1100. The Morgan fingerprint density at radius 3 is 2.48 bits per heavy atom. The van der Waals surface area contributed by atoms with Gasteiger partial charge >= 0.3 is 0 Å². The van der Waals surface area contributed by atoms with Crippen molar-refractivity contribution in [3.63, 3.8) is 0 Å². The van der Waals surface area contributed by atoms with E-state index in [2.05, 4.69) is 0 Å². The van der Waals surface area contributed by atoms with E-state index < -0.39 is 0 Å². The number of amides is 1. The molecule has 1 saturated carbocycles. The molecule has 0 bridgehead atoms. The largest absolute Gasteiger partial charge is 0.335 e. The van der Waals surface area contributed by atoms with E-state index in [1.54, 1.807) is 0 Å². The van der Waals surface area contributed by atoms with Gasteiger partial charge in [-0.05, 0) is 44.4 Å². The number of carbonyl (C=O) groups excluding carboxylic acids is 1. The van der Waals surface area contributed by atoms with E-state index in [1.807, 2.05) is 77.9 Å². The van der Waals surface area contributed by atoms with E-state index in [0.717, 1.165) is 31.2 Å². The zero-order valence-electron chi connectivity index (χ0n) is 18.2. The van der Waals surface area contributed by atoms with Crippen LogP contribution in [0.3, 0.4) is 0 Å². The topological polar surface area (TPSA) is 55.2 Å². The number of aromatic nitrogens is 2. The number of fused-ring (bicyclic) bond motifs is 1. The number of rotatable bonds is 7. The van der Waals surface area contributed by atoms with Gasteiger partial charge in [0.25, 0.3) is 5.56 Å². The summed E-state index contributed by atoms with van der Waals surface area (Å²) >= 11 is 1.39. The van der Waals surface area contributed by atoms with Crippen molar-refractivity contribution in [1.82, 2.24) is 14.5 Å². The van der Waals surface area contributed by atoms with Crippen LogP contribution in [0, 0.1) is 0 Å². The molecule has 0 saturated heterocycles. The average Bonchev–Trinajstić information content (AvgIpc) is 3.31. The molecule has 4 rings (SSSR count). The summed E-state index contributed by atoms with van der Waals surface area (Å²) in [6.07, 6.45) is 4.25. The fraction of sp³-hybridized carbons (Fsp3) is 0.400. The number of thioether (sulfide) groups is 1. The first-order valence-electron chi connectivity index (χ1n) is 11.0. The lowest BCUT2D eigenvalue weighted by Gasteiger charge is -2.27. The zero-order valence-corrected chi connectivity index (χ0v) is 19.0. The number of benzene rings is 2. The monoisotopic (exact) mass is 435 g/mol. The van der Waals surface area contributed by atoms with Crippen LogP contribution in [0.5, 0.6) is 0 Å². The maximum absolute atomic E-state index is 13.3. The molecule has 3 aromatic rings. The smallest absolute Gasteiger partial charge is 0.262 e. The third-order valence-electron chi connectivity index (χ3n) is 5.93. The quantitative estimate of drug-likeness (QED) is 0.385. The van der Waals surface area contributed by atoms with Crippen molar-refractivity contribution in [2.24, 2.45) is 0 Å². The molecule has 1 aromatic heterocycles. The van der Waals surface area contributed by atoms with Crippen molar-refractivity contribution in [3.8, 4) is 0 Å². The Morgan fingerprint density at radius 2 is 1.77 bits per heavy atom. The van der Waals surface area contributed by atoms with Crippen LogP contribution in [0.1, 0.15) is 51.1 Å². The van der Waals surface area contributed by atoms with Crippen molar-refractivity contribution in [1.29, 1.82) is 0 Å². The minimum atomic E-state index is 0.0115. The van der Waals surface area contributed by atoms with Crippen molar-refractivity contribution in [3.05, 3.63) is 70.5 Å². The highest BCUT2D eigenvalue weighted by molar-refractivity contribution is 7.99. The fourth-order valence-electron chi connectivity index (χ4n) is 4.26. The first kappa shape index (κ1) is 21.6. The van der Waals surface area contributed by atoms with Gasteiger partial charge in [-0.1, -0.05) is 67.1 Å². The van der Waals surface area contributed by atoms with Gasteiger partial charge < -0.3 is 4.90 Å². The van der Waals surface area contributed by atoms with Gasteiger partial charge in [0, 0.05) is 18.6 Å². The molecule has 1 aliphatic carbocycles. The van der Waals surface area contributed by atoms with Gasteiger partial charge in [0.1, 0.15) is 0 Å². The van der Waals surface area contributed by atoms with Gasteiger partial charge in [0.2, 0.25) is 5.91 Å². The van der Waals surface area contributed by atoms with Crippen LogP contribution in [-0.4, -0.2) is 32.2 Å². The minimum Gasteiger partial charge on any atom is -0.335 e. The molecule has 0 N–H and O–H groups in total. The molecule has 0 radical (unpaired) electrons. The molecule has 0 unspecified atom stereocenters. The van der Waals surface area contributed by atoms with Gasteiger partial charge in [0.15, 0.2) is 5.16 Å². The van der Waals surface area contributed by atoms with Crippen molar-refractivity contribution < 1.29 is 4.79 Å². The molecule has 6 heteroatoms. The summed E-state index contributed by atoms with van der Waals surface area (Å²) in [5.41, 5.74) is 1.82. The SMILES string of the molecule is CC(C)N(Cc1ccccc1)C(=O)CSc1nc2ccccc2c(=O)n1C1CCCC1. The summed E-state index contributed by atoms with van der Waals surface area (Å²) in [5.74, 6) is 0.326. The van der Waals surface area contributed by atoms with Crippen LogP contribution >= 0.6 is 11.8 Å². The normalized spacial score (nSPS) is 14.4. The van der Waals surface area contributed by atoms with Gasteiger partial charge in [-0.25, -0.2) is 4.98 Å². The molecule has 1 amide bonds. The van der Waals surface area contributed by atoms with Crippen molar-refractivity contribution in [2.75, 3.05) is 5.75 Å². The van der Waals surface area contributed by atoms with Crippen LogP contribution in [0.4, 0.5) is 0 Å². The van der Waals surface area contributed by atoms with Gasteiger partial charge in [0.05, 0.1) is 16.7 Å². The van der Waals surface area contributed by atoms with Crippen LogP contribution in [0.15, 0.2) is 64.5 Å². The molecule has 31 heavy (non-hydrogen) atoms. The molecule has 1 heterocycles. The molecule has 2 aromatic carbocycles. The first-order valence-corrected chi connectivity index (χ1v) is 12.0. The summed E-state index contributed by atoms with van der Waals surface area (Å²) < 4.78 is 1.85. The number of para-hydroxylation sites is 1. The van der Waals surface area contributed by atoms with Gasteiger partial charge in [-0.15, -0.1) is 0 Å². The van der Waals surface area contributed by atoms with E-state index in [-0.39, 0.29) is 29.3 Å². The highest BCUT2D eigenvalue weighted by Crippen LogP contribution is 2.32. The molecule has 162 valence electrons. The third-order valence-corrected chi connectivity index (χ3v) is 6.87. The number of carbonyl (C=O) groups is 1. The predicted molar refractivity (Wildman–Crippen MR) is 126 cm³/mol. The second-order valence-corrected chi connectivity index (χ2v) is 9.36. The highest BCUT2D eigenvalue weighted by Gasteiger charge is 2.24. The van der Waals surface area contributed by atoms with E-state index in [0.29, 0.717) is 22.6 Å². The standard InChI is InChI=1S/C25H29N3O2S/c1-18(2)27(16-19-10-4-3-5-11-19)23(29)17-31-25-26-22-15-9-8-14-21(22)24(30)28(25)20-12-6-7-13-20/h3-5,8-11,14-15,18,20H,6-7,12-13,16-17H2,1-2H3. The van der Waals surface area contributed by atoms with E-state index in [1.165, 1.54) is 11.8 Å². The average molecular weight is 436 g/mol. The summed E-state index contributed by atoms with van der Waals surface area (Å²) in [5, 5.41) is 1.31. The lowest BCUT2D eigenvalue weighted by Crippen LogP contribution is -2.37. The maximum atomic E-state index is 13.3. The van der Waals surface area contributed by atoms with Crippen molar-refractivity contribution >= 4 is 28.6 Å². The zero-order chi connectivity index (χ0) is 21.8. The second-order valence-electron chi connectivity index (χ2n) is 8.41. The third kappa shape index (κ3) is 4.85. The second kappa shape index (κ2) is 9.69. The number of hydrogen-bond acceptors (Lipinski definition) is 4. The van der Waals surface area contributed by atoms with Crippen LogP contribution in [0.2, 0.25) is 0 Å². The number of nitrogens with zero attached hydrogens (tertiary/aromatic N) is 3. The van der Waals surface area contributed by atoms with E-state index in [9.17, 15) is 9.59 Å². The Balaban J connectivity index is 1.59. The Kier molecular flexibility index (Phi) is 6.76. The first-order chi connectivity index (χ1) is 15.0. The van der Waals surface area contributed by atoms with Crippen molar-refractivity contribution in [2.45, 2.75) is 63.3 Å². The van der Waals surface area contributed by atoms with E-state index in [4.69, 9.17) is 4.98 Å². The fourth-order valence-corrected chi connectivity index (χ4v) is 5.21. The van der Waals surface area contributed by atoms with Crippen LogP contribution < -0.4 is 5.56 Å². The molecular weight excluding hydrogens is 406 g/mol. The molecule has 1 fully saturated rings. The summed E-state index contributed by atoms with van der Waals surface area (Å²) in [7, 11) is 0. The molecule has 0 aliphatic heterocycles. The highest BCUT2D eigenvalue weighted by atomic mass is 32.2.